The number of anilines is 3. The average Bonchev–Trinajstić information content (AvgIpc) is 3.55. The summed E-state index contributed by atoms with van der Waals surface area (Å²) in [4.78, 5) is 46.6. The van der Waals surface area contributed by atoms with Crippen molar-refractivity contribution >= 4 is 40.7 Å². The first-order valence-corrected chi connectivity index (χ1v) is 14.8. The molecule has 4 N–H and O–H groups in total. The molecule has 10 nitrogen and oxygen atoms in total. The molecule has 5 rings (SSSR count). The number of rotatable bonds is 9. The number of amides is 4. The van der Waals surface area contributed by atoms with Crippen molar-refractivity contribution in [2.45, 2.75) is 25.4 Å². The zero-order valence-electron chi connectivity index (χ0n) is 26.1. The number of carbonyl (C=O) groups excluding carboxylic acids is 3. The second-order valence-corrected chi connectivity index (χ2v) is 11.9. The van der Waals surface area contributed by atoms with E-state index < -0.39 is 5.54 Å². The molecule has 45 heavy (non-hydrogen) atoms. The van der Waals surface area contributed by atoms with Crippen LogP contribution in [-0.4, -0.2) is 72.7 Å². The van der Waals surface area contributed by atoms with Gasteiger partial charge in [-0.15, -0.1) is 0 Å². The Hall–Kier alpha value is -5.22. The maximum absolute atomic E-state index is 13.7. The van der Waals surface area contributed by atoms with Gasteiger partial charge in [-0.2, -0.15) is 0 Å². The van der Waals surface area contributed by atoms with E-state index in [-0.39, 0.29) is 23.9 Å². The van der Waals surface area contributed by atoms with E-state index in [0.29, 0.717) is 36.6 Å². The molecular weight excluding hydrogens is 566 g/mol. The monoisotopic (exact) mass is 605 g/mol. The van der Waals surface area contributed by atoms with Crippen molar-refractivity contribution in [2.24, 2.45) is 4.99 Å². The fourth-order valence-corrected chi connectivity index (χ4v) is 5.57. The quantitative estimate of drug-likeness (QED) is 0.247. The minimum atomic E-state index is -0.491. The van der Waals surface area contributed by atoms with E-state index in [1.807, 2.05) is 73.6 Å². The van der Waals surface area contributed by atoms with Gasteiger partial charge in [0.2, 0.25) is 5.91 Å². The molecule has 0 spiro atoms. The van der Waals surface area contributed by atoms with Crippen LogP contribution < -0.4 is 21.3 Å². The number of nitrogens with zero attached hydrogens (tertiary/aromatic N) is 3. The van der Waals surface area contributed by atoms with Gasteiger partial charge in [-0.25, -0.2) is 4.79 Å². The van der Waals surface area contributed by atoms with E-state index in [9.17, 15) is 14.4 Å². The Morgan fingerprint density at radius 3 is 2.20 bits per heavy atom. The van der Waals surface area contributed by atoms with Crippen molar-refractivity contribution in [3.8, 4) is 0 Å². The molecule has 0 aliphatic carbocycles. The van der Waals surface area contributed by atoms with Crippen LogP contribution in [0, 0.1) is 0 Å². The second kappa shape index (κ2) is 13.2. The van der Waals surface area contributed by atoms with Gasteiger partial charge in [0, 0.05) is 34.7 Å². The average molecular weight is 606 g/mol. The lowest BCUT2D eigenvalue weighted by atomic mass is 9.94. The van der Waals surface area contributed by atoms with Gasteiger partial charge < -0.3 is 31.1 Å². The number of carbonyl (C=O) groups is 3. The van der Waals surface area contributed by atoms with E-state index in [2.05, 4.69) is 46.6 Å². The molecule has 3 aromatic carbocycles. The molecule has 0 saturated carbocycles. The van der Waals surface area contributed by atoms with Gasteiger partial charge in [0.1, 0.15) is 5.84 Å². The van der Waals surface area contributed by atoms with Crippen LogP contribution >= 0.6 is 0 Å². The number of nitrogens with one attached hydrogen (secondary N) is 4. The Bertz CT molecular complexity index is 1640. The first-order valence-electron chi connectivity index (χ1n) is 14.8. The van der Waals surface area contributed by atoms with Gasteiger partial charge >= 0.3 is 6.03 Å². The topological polar surface area (TPSA) is 118 Å². The Kier molecular flexibility index (Phi) is 9.15. The molecule has 0 bridgehead atoms. The van der Waals surface area contributed by atoms with Crippen molar-refractivity contribution < 1.29 is 14.4 Å². The highest BCUT2D eigenvalue weighted by Crippen LogP contribution is 2.38. The van der Waals surface area contributed by atoms with Crippen LogP contribution in [-0.2, 0) is 4.79 Å². The van der Waals surface area contributed by atoms with Gasteiger partial charge in [0.05, 0.1) is 24.7 Å². The van der Waals surface area contributed by atoms with E-state index in [4.69, 9.17) is 4.99 Å². The number of aliphatic imine (C=N–C) groups is 1. The number of hydrogen-bond donors (Lipinski definition) is 4. The van der Waals surface area contributed by atoms with Crippen LogP contribution in [0.15, 0.2) is 108 Å². The molecule has 0 radical (unpaired) electrons. The third kappa shape index (κ3) is 7.13. The van der Waals surface area contributed by atoms with E-state index in [0.717, 1.165) is 28.2 Å². The molecule has 232 valence electrons. The van der Waals surface area contributed by atoms with Crippen molar-refractivity contribution in [2.75, 3.05) is 49.7 Å². The summed E-state index contributed by atoms with van der Waals surface area (Å²) in [5, 5.41) is 12.2. The lowest BCUT2D eigenvalue weighted by Crippen LogP contribution is -2.52. The molecule has 2 aliphatic heterocycles. The van der Waals surface area contributed by atoms with Crippen molar-refractivity contribution in [3.63, 3.8) is 0 Å². The molecule has 0 unspecified atom stereocenters. The van der Waals surface area contributed by atoms with E-state index in [1.165, 1.54) is 6.08 Å². The van der Waals surface area contributed by atoms with E-state index >= 15 is 0 Å². The molecule has 3 aromatic rings. The number of urea groups is 1. The molecule has 0 fully saturated rings. The Morgan fingerprint density at radius 1 is 0.933 bits per heavy atom. The Labute approximate surface area is 263 Å². The molecule has 2 aliphatic rings. The fourth-order valence-electron chi connectivity index (χ4n) is 5.57. The molecule has 0 aromatic heterocycles. The zero-order valence-corrected chi connectivity index (χ0v) is 26.1. The van der Waals surface area contributed by atoms with Crippen LogP contribution in [0.3, 0.4) is 0 Å². The maximum atomic E-state index is 13.7. The van der Waals surface area contributed by atoms with Crippen LogP contribution in [0.2, 0.25) is 0 Å². The van der Waals surface area contributed by atoms with Crippen molar-refractivity contribution in [3.05, 3.63) is 114 Å². The second-order valence-electron chi connectivity index (χ2n) is 11.9. The summed E-state index contributed by atoms with van der Waals surface area (Å²) in [5.41, 5.74) is 5.23. The number of benzene rings is 3. The summed E-state index contributed by atoms with van der Waals surface area (Å²) in [7, 11) is 4.00. The minimum Gasteiger partial charge on any atom is -0.340 e. The van der Waals surface area contributed by atoms with Crippen molar-refractivity contribution in [1.82, 2.24) is 15.1 Å². The Balaban J connectivity index is 1.20. The van der Waals surface area contributed by atoms with Crippen LogP contribution in [0.1, 0.15) is 35.8 Å². The van der Waals surface area contributed by atoms with E-state index in [1.54, 1.807) is 24.3 Å². The standard InChI is InChI=1S/C35H39N7O3/c1-6-31(43)37-25-14-12-24(13-15-25)33(44)39-27-18-16-26(17-19-27)38-32-28-21-42(35(2,3)29(28)20-36-32)34(45)40-30(22-41(4)5)23-10-8-7-9-11-23/h6-19,30H,1,20-22H2,2-5H3,(H,36,38)(H,37,43)(H,39,44)(H,40,45)/t30-/m1/s1. The summed E-state index contributed by atoms with van der Waals surface area (Å²) in [6.07, 6.45) is 1.19. The minimum absolute atomic E-state index is 0.110. The smallest absolute Gasteiger partial charge is 0.318 e. The third-order valence-corrected chi connectivity index (χ3v) is 8.07. The molecule has 0 saturated heterocycles. The molecular formula is C35H39N7O3. The lowest BCUT2D eigenvalue weighted by molar-refractivity contribution is -0.111. The fraction of sp³-hybridized carbons (Fsp3) is 0.257. The predicted molar refractivity (Wildman–Crippen MR) is 180 cm³/mol. The molecule has 4 amide bonds. The number of likely N-dealkylation sites (N-methyl/N-ethyl adjacent to an activating group) is 1. The summed E-state index contributed by atoms with van der Waals surface area (Å²) in [6, 6.07) is 23.8. The van der Waals surface area contributed by atoms with Gasteiger partial charge in [-0.1, -0.05) is 36.9 Å². The van der Waals surface area contributed by atoms with Gasteiger partial charge in [0.15, 0.2) is 0 Å². The molecule has 10 heteroatoms. The molecule has 2 heterocycles. The Morgan fingerprint density at radius 2 is 1.56 bits per heavy atom. The third-order valence-electron chi connectivity index (χ3n) is 8.07. The molecule has 1 atom stereocenters. The van der Waals surface area contributed by atoms with Gasteiger partial charge in [-0.05, 0) is 93.7 Å². The van der Waals surface area contributed by atoms with Crippen molar-refractivity contribution in [1.29, 1.82) is 0 Å². The highest BCUT2D eigenvalue weighted by Gasteiger charge is 2.45. The first-order chi connectivity index (χ1) is 21.5. The van der Waals surface area contributed by atoms with Gasteiger partial charge in [0.25, 0.3) is 5.91 Å². The first kappa shape index (κ1) is 31.2. The summed E-state index contributed by atoms with van der Waals surface area (Å²) in [5.74, 6) is 0.171. The number of hydrogen-bond acceptors (Lipinski definition) is 6. The highest BCUT2D eigenvalue weighted by atomic mass is 16.2. The predicted octanol–water partition coefficient (Wildman–Crippen LogP) is 5.29. The maximum Gasteiger partial charge on any atom is 0.318 e. The summed E-state index contributed by atoms with van der Waals surface area (Å²) >= 11 is 0. The normalized spacial score (nSPS) is 15.7. The largest absolute Gasteiger partial charge is 0.340 e. The zero-order chi connectivity index (χ0) is 32.1. The van der Waals surface area contributed by atoms with Crippen LogP contribution in [0.25, 0.3) is 0 Å². The number of amidine groups is 1. The van der Waals surface area contributed by atoms with Crippen LogP contribution in [0.4, 0.5) is 21.9 Å². The summed E-state index contributed by atoms with van der Waals surface area (Å²) in [6.45, 7) is 9.23. The SMILES string of the molecule is C=CC(=O)Nc1ccc(C(=O)Nc2ccc(NC3=NCC4=C3CN(C(=O)N[C@H](CN(C)C)c3ccccc3)C4(C)C)cc2)cc1. The van der Waals surface area contributed by atoms with Gasteiger partial charge in [-0.3, -0.25) is 14.6 Å². The highest BCUT2D eigenvalue weighted by molar-refractivity contribution is 6.12. The lowest BCUT2D eigenvalue weighted by Gasteiger charge is -2.36. The van der Waals surface area contributed by atoms with Crippen LogP contribution in [0.5, 0.6) is 0 Å². The summed E-state index contributed by atoms with van der Waals surface area (Å²) < 4.78 is 0.